The molecule has 31 heavy (non-hydrogen) atoms. The van der Waals surface area contributed by atoms with E-state index in [-0.39, 0.29) is 37.6 Å². The Morgan fingerprint density at radius 2 is 2.00 bits per heavy atom. The fraction of sp³-hybridized carbons (Fsp3) is 0.381. The summed E-state index contributed by atoms with van der Waals surface area (Å²) in [6.45, 7) is 0.866. The lowest BCUT2D eigenvalue weighted by atomic mass is 10.1. The van der Waals surface area contributed by atoms with Crippen LogP contribution in [0, 0.1) is 0 Å². The van der Waals surface area contributed by atoms with Crippen molar-refractivity contribution in [3.8, 4) is 5.75 Å². The monoisotopic (exact) mass is 465 g/mol. The summed E-state index contributed by atoms with van der Waals surface area (Å²) in [5.41, 5.74) is 1.42. The molecule has 2 saturated heterocycles. The number of ether oxygens (including phenoxy) is 2. The average molecular weight is 466 g/mol. The Morgan fingerprint density at radius 3 is 2.71 bits per heavy atom. The minimum absolute atomic E-state index is 0.0785. The van der Waals surface area contributed by atoms with Crippen LogP contribution in [0.3, 0.4) is 0 Å². The fourth-order valence-electron chi connectivity index (χ4n) is 3.89. The molecule has 2 atom stereocenters. The van der Waals surface area contributed by atoms with Gasteiger partial charge in [-0.3, -0.25) is 0 Å². The number of carbonyl (C=O) groups excluding carboxylic acids is 1. The summed E-state index contributed by atoms with van der Waals surface area (Å²) in [6.07, 6.45) is -0.388. The molecule has 2 aliphatic heterocycles. The van der Waals surface area contributed by atoms with Gasteiger partial charge in [-0.2, -0.15) is 4.31 Å². The molecule has 0 aromatic heterocycles. The Labute approximate surface area is 186 Å². The lowest BCUT2D eigenvalue weighted by molar-refractivity contribution is 0.0472. The Hall–Kier alpha value is -2.33. The van der Waals surface area contributed by atoms with Crippen molar-refractivity contribution in [2.45, 2.75) is 18.7 Å². The molecule has 0 spiro atoms. The Kier molecular flexibility index (Phi) is 6.38. The molecular formula is C21H24ClN3O5S. The van der Waals surface area contributed by atoms with Gasteiger partial charge in [0.15, 0.2) is 0 Å². The lowest BCUT2D eigenvalue weighted by Gasteiger charge is -2.28. The van der Waals surface area contributed by atoms with Crippen molar-refractivity contribution in [2.24, 2.45) is 0 Å². The summed E-state index contributed by atoms with van der Waals surface area (Å²) in [7, 11) is -1.96. The maximum absolute atomic E-state index is 13.0. The number of carbonyl (C=O) groups is 1. The van der Waals surface area contributed by atoms with Crippen LogP contribution in [-0.4, -0.2) is 68.4 Å². The zero-order valence-corrected chi connectivity index (χ0v) is 18.6. The largest absolute Gasteiger partial charge is 0.497 e. The van der Waals surface area contributed by atoms with Crippen molar-refractivity contribution in [3.63, 3.8) is 0 Å². The zero-order chi connectivity index (χ0) is 22.0. The number of anilines is 1. The first-order chi connectivity index (χ1) is 14.9. The van der Waals surface area contributed by atoms with E-state index in [0.29, 0.717) is 23.0 Å². The van der Waals surface area contributed by atoms with E-state index in [9.17, 15) is 13.2 Å². The number of urea groups is 1. The van der Waals surface area contributed by atoms with Crippen molar-refractivity contribution in [1.82, 2.24) is 9.21 Å². The summed E-state index contributed by atoms with van der Waals surface area (Å²) in [4.78, 5) is 14.4. The van der Waals surface area contributed by atoms with Crippen LogP contribution in [0.15, 0.2) is 48.5 Å². The number of sulfonamides is 1. The first-order valence-corrected chi connectivity index (χ1v) is 11.9. The molecule has 1 N–H and O–H groups in total. The predicted molar refractivity (Wildman–Crippen MR) is 118 cm³/mol. The Bertz CT molecular complexity index is 1050. The van der Waals surface area contributed by atoms with E-state index in [1.54, 1.807) is 48.4 Å². The molecule has 4 rings (SSSR count). The normalized spacial score (nSPS) is 23.1. The van der Waals surface area contributed by atoms with Gasteiger partial charge in [-0.15, -0.1) is 0 Å². The van der Waals surface area contributed by atoms with Crippen molar-refractivity contribution in [1.29, 1.82) is 0 Å². The predicted octanol–water partition coefficient (Wildman–Crippen LogP) is 2.80. The standard InChI is InChI=1S/C21H24ClN3O5S/c1-29-18-7-5-15(6-8-18)12-25-19-13-24(14-20(19)30-9-10-31(25,27)28)21(26)23-17-4-2-3-16(22)11-17/h2-8,11,19-20H,9-10,12-14H2,1H3,(H,23,26)/t19-,20+/m1/s1. The van der Waals surface area contributed by atoms with Crippen molar-refractivity contribution < 1.29 is 22.7 Å². The van der Waals surface area contributed by atoms with Crippen LogP contribution >= 0.6 is 11.6 Å². The van der Waals surface area contributed by atoms with E-state index in [0.717, 1.165) is 5.56 Å². The van der Waals surface area contributed by atoms with Crippen LogP contribution in [0.25, 0.3) is 0 Å². The molecule has 0 radical (unpaired) electrons. The smallest absolute Gasteiger partial charge is 0.321 e. The molecular weight excluding hydrogens is 442 g/mol. The summed E-state index contributed by atoms with van der Waals surface area (Å²) in [5, 5.41) is 3.33. The number of likely N-dealkylation sites (tertiary alicyclic amines) is 1. The molecule has 2 aromatic carbocycles. The molecule has 2 aliphatic rings. The number of hydrogen-bond donors (Lipinski definition) is 1. The van der Waals surface area contributed by atoms with Gasteiger partial charge in [0, 0.05) is 23.8 Å². The highest BCUT2D eigenvalue weighted by molar-refractivity contribution is 7.89. The van der Waals surface area contributed by atoms with Crippen LogP contribution < -0.4 is 10.1 Å². The van der Waals surface area contributed by atoms with E-state index < -0.39 is 16.1 Å². The van der Waals surface area contributed by atoms with E-state index in [2.05, 4.69) is 5.32 Å². The molecule has 166 valence electrons. The SMILES string of the molecule is COc1ccc(CN2[C@@H]3CN(C(=O)Nc4cccc(Cl)c4)C[C@@H]3OCCS2(=O)=O)cc1. The average Bonchev–Trinajstić information content (AvgIpc) is 3.11. The van der Waals surface area contributed by atoms with E-state index in [1.807, 2.05) is 12.1 Å². The highest BCUT2D eigenvalue weighted by Crippen LogP contribution is 2.28. The summed E-state index contributed by atoms with van der Waals surface area (Å²) in [5.74, 6) is 0.624. The van der Waals surface area contributed by atoms with Crippen LogP contribution in [0.2, 0.25) is 5.02 Å². The number of hydrogen-bond acceptors (Lipinski definition) is 5. The number of rotatable bonds is 4. The van der Waals surface area contributed by atoms with Gasteiger partial charge in [-0.25, -0.2) is 13.2 Å². The Morgan fingerprint density at radius 1 is 1.23 bits per heavy atom. The zero-order valence-electron chi connectivity index (χ0n) is 17.0. The summed E-state index contributed by atoms with van der Waals surface area (Å²) >= 11 is 5.99. The molecule has 8 nitrogen and oxygen atoms in total. The van der Waals surface area contributed by atoms with Gasteiger partial charge in [0.1, 0.15) is 5.75 Å². The third-order valence-corrected chi connectivity index (χ3v) is 7.53. The third-order valence-electron chi connectivity index (χ3n) is 5.50. The van der Waals surface area contributed by atoms with Crippen molar-refractivity contribution in [2.75, 3.05) is 37.9 Å². The minimum Gasteiger partial charge on any atom is -0.497 e. The molecule has 2 amide bonds. The second-order valence-corrected chi connectivity index (χ2v) is 10.0. The summed E-state index contributed by atoms with van der Waals surface area (Å²) < 4.78 is 38.4. The lowest BCUT2D eigenvalue weighted by Crippen LogP contribution is -2.45. The van der Waals surface area contributed by atoms with Crippen LogP contribution in [0.4, 0.5) is 10.5 Å². The van der Waals surface area contributed by atoms with Crippen molar-refractivity contribution in [3.05, 3.63) is 59.1 Å². The van der Waals surface area contributed by atoms with Gasteiger partial charge in [-0.1, -0.05) is 29.8 Å². The number of fused-ring (bicyclic) bond motifs is 1. The maximum atomic E-state index is 13.0. The van der Waals surface area contributed by atoms with Gasteiger partial charge in [-0.05, 0) is 35.9 Å². The van der Waals surface area contributed by atoms with Crippen molar-refractivity contribution >= 4 is 33.3 Å². The number of nitrogens with one attached hydrogen (secondary N) is 1. The van der Waals surface area contributed by atoms with E-state index in [1.165, 1.54) is 4.31 Å². The molecule has 2 fully saturated rings. The topological polar surface area (TPSA) is 88.2 Å². The van der Waals surface area contributed by atoms with Crippen LogP contribution in [0.5, 0.6) is 5.75 Å². The number of benzene rings is 2. The Balaban J connectivity index is 1.52. The minimum atomic E-state index is -3.54. The van der Waals surface area contributed by atoms with Gasteiger partial charge in [0.05, 0.1) is 38.2 Å². The van der Waals surface area contributed by atoms with Crippen LogP contribution in [-0.2, 0) is 21.3 Å². The van der Waals surface area contributed by atoms with E-state index in [4.69, 9.17) is 21.1 Å². The molecule has 0 saturated carbocycles. The quantitative estimate of drug-likeness (QED) is 0.750. The van der Waals surface area contributed by atoms with Gasteiger partial charge >= 0.3 is 6.03 Å². The third kappa shape index (κ3) is 4.95. The maximum Gasteiger partial charge on any atom is 0.321 e. The van der Waals surface area contributed by atoms with E-state index >= 15 is 0 Å². The molecule has 2 heterocycles. The number of methoxy groups -OCH3 is 1. The molecule has 2 aromatic rings. The highest BCUT2D eigenvalue weighted by atomic mass is 35.5. The number of amides is 2. The van der Waals surface area contributed by atoms with Gasteiger partial charge in [0.25, 0.3) is 0 Å². The molecule has 0 unspecified atom stereocenters. The molecule has 0 aliphatic carbocycles. The molecule has 10 heteroatoms. The summed E-state index contributed by atoms with van der Waals surface area (Å²) in [6, 6.07) is 13.4. The fourth-order valence-corrected chi connectivity index (χ4v) is 5.58. The van der Waals surface area contributed by atoms with Gasteiger partial charge < -0.3 is 19.7 Å². The second kappa shape index (κ2) is 9.04. The number of halogens is 1. The van der Waals surface area contributed by atoms with Gasteiger partial charge in [0.2, 0.25) is 10.0 Å². The highest BCUT2D eigenvalue weighted by Gasteiger charge is 2.45. The second-order valence-electron chi connectivity index (χ2n) is 7.53. The first kappa shape index (κ1) is 21.9. The first-order valence-electron chi connectivity index (χ1n) is 9.91. The number of nitrogens with zero attached hydrogens (tertiary/aromatic N) is 2. The van der Waals surface area contributed by atoms with Crippen LogP contribution in [0.1, 0.15) is 5.56 Å². The molecule has 0 bridgehead atoms.